The third-order valence-corrected chi connectivity index (χ3v) is 6.12. The molecule has 1 heterocycles. The first-order valence-corrected chi connectivity index (χ1v) is 10.2. The number of hydrogen-bond acceptors (Lipinski definition) is 4. The maximum absolute atomic E-state index is 9.18. The molecule has 0 bridgehead atoms. The van der Waals surface area contributed by atoms with Gasteiger partial charge in [0.2, 0.25) is 0 Å². The molecule has 3 nitrogen and oxygen atoms in total. The smallest absolute Gasteiger partial charge is 0.0446 e. The summed E-state index contributed by atoms with van der Waals surface area (Å²) in [6.07, 6.45) is 11.3. The highest BCUT2D eigenvalue weighted by Gasteiger charge is 2.30. The van der Waals surface area contributed by atoms with E-state index in [0.717, 1.165) is 24.1 Å². The van der Waals surface area contributed by atoms with Crippen molar-refractivity contribution < 1.29 is 5.11 Å². The number of aliphatic hydroxyl groups excluding tert-OH is 1. The highest BCUT2D eigenvalue weighted by Crippen LogP contribution is 2.30. The molecule has 0 amide bonds. The van der Waals surface area contributed by atoms with Crippen molar-refractivity contribution in [3.8, 4) is 0 Å². The van der Waals surface area contributed by atoms with Gasteiger partial charge in [0.25, 0.3) is 0 Å². The summed E-state index contributed by atoms with van der Waals surface area (Å²) in [6, 6.07) is 1.98. The maximum Gasteiger partial charge on any atom is 0.0446 e. The third kappa shape index (κ3) is 5.42. The molecule has 3 unspecified atom stereocenters. The van der Waals surface area contributed by atoms with Gasteiger partial charge in [-0.1, -0.05) is 19.8 Å². The predicted octanol–water partition coefficient (Wildman–Crippen LogP) is 2.73. The van der Waals surface area contributed by atoms with Crippen molar-refractivity contribution in [1.29, 1.82) is 0 Å². The van der Waals surface area contributed by atoms with Crippen molar-refractivity contribution in [3.05, 3.63) is 0 Å². The number of hydrogen-bond donors (Lipinski definition) is 2. The van der Waals surface area contributed by atoms with Crippen LogP contribution in [0.3, 0.4) is 0 Å². The zero-order chi connectivity index (χ0) is 15.1. The minimum absolute atomic E-state index is 0.302. The molecule has 0 radical (unpaired) electrons. The van der Waals surface area contributed by atoms with E-state index in [1.54, 1.807) is 0 Å². The average molecular weight is 315 g/mol. The molecule has 2 aliphatic rings. The Morgan fingerprint density at radius 3 is 2.52 bits per heavy atom. The van der Waals surface area contributed by atoms with E-state index in [2.05, 4.69) is 23.4 Å². The Hall–Kier alpha value is 0.230. The van der Waals surface area contributed by atoms with Gasteiger partial charge in [-0.05, 0) is 57.4 Å². The lowest BCUT2D eigenvalue weighted by Crippen LogP contribution is -2.51. The second kappa shape index (κ2) is 9.39. The molecule has 0 aromatic heterocycles. The summed E-state index contributed by atoms with van der Waals surface area (Å²) in [7, 11) is 0. The Morgan fingerprint density at radius 1 is 1.19 bits per heavy atom. The number of thioether (sulfide) groups is 1. The van der Waals surface area contributed by atoms with E-state index in [9.17, 15) is 5.11 Å². The van der Waals surface area contributed by atoms with Crippen molar-refractivity contribution in [1.82, 2.24) is 10.2 Å². The average Bonchev–Trinajstić information content (AvgIpc) is 2.49. The Labute approximate surface area is 135 Å². The molecule has 4 heteroatoms. The molecule has 21 heavy (non-hydrogen) atoms. The zero-order valence-corrected chi connectivity index (χ0v) is 14.7. The van der Waals surface area contributed by atoms with Crippen LogP contribution in [0, 0.1) is 5.92 Å². The van der Waals surface area contributed by atoms with Gasteiger partial charge in [0.15, 0.2) is 0 Å². The first-order valence-electron chi connectivity index (χ1n) is 8.84. The molecule has 2 N–H and O–H groups in total. The quantitative estimate of drug-likeness (QED) is 0.757. The molecule has 1 saturated carbocycles. The van der Waals surface area contributed by atoms with E-state index in [-0.39, 0.29) is 0 Å². The maximum atomic E-state index is 9.18. The van der Waals surface area contributed by atoms with E-state index < -0.39 is 0 Å². The lowest BCUT2D eigenvalue weighted by molar-refractivity contribution is 0.0794. The Bertz CT molecular complexity index is 276. The van der Waals surface area contributed by atoms with Gasteiger partial charge in [0.1, 0.15) is 0 Å². The normalized spacial score (nSPS) is 30.4. The van der Waals surface area contributed by atoms with Crippen LogP contribution in [-0.4, -0.2) is 59.8 Å². The summed E-state index contributed by atoms with van der Waals surface area (Å²) in [5.74, 6) is 2.00. The number of nitrogens with zero attached hydrogens (tertiary/aromatic N) is 1. The fourth-order valence-electron chi connectivity index (χ4n) is 4.14. The molecular formula is C17H34N2OS. The molecular weight excluding hydrogens is 280 g/mol. The Kier molecular flexibility index (Phi) is 7.86. The van der Waals surface area contributed by atoms with Crippen molar-refractivity contribution in [2.45, 2.75) is 70.0 Å². The van der Waals surface area contributed by atoms with Gasteiger partial charge < -0.3 is 15.3 Å². The van der Waals surface area contributed by atoms with Gasteiger partial charge in [0.05, 0.1) is 0 Å². The first-order chi connectivity index (χ1) is 10.2. The van der Waals surface area contributed by atoms with Crippen LogP contribution in [0.15, 0.2) is 0 Å². The summed E-state index contributed by atoms with van der Waals surface area (Å²) in [6.45, 7) is 5.27. The summed E-state index contributed by atoms with van der Waals surface area (Å²) in [5, 5.41) is 13.0. The van der Waals surface area contributed by atoms with Crippen LogP contribution in [0.2, 0.25) is 0 Å². The number of nitrogens with one attached hydrogen (secondary N) is 1. The fraction of sp³-hybridized carbons (Fsp3) is 1.00. The summed E-state index contributed by atoms with van der Waals surface area (Å²) >= 11 is 1.88. The van der Waals surface area contributed by atoms with Crippen LogP contribution in [0.1, 0.15) is 51.9 Å². The molecule has 3 atom stereocenters. The largest absolute Gasteiger partial charge is 0.396 e. The van der Waals surface area contributed by atoms with E-state index in [1.165, 1.54) is 51.6 Å². The van der Waals surface area contributed by atoms with Crippen LogP contribution in [-0.2, 0) is 0 Å². The van der Waals surface area contributed by atoms with Crippen molar-refractivity contribution in [3.63, 3.8) is 0 Å². The van der Waals surface area contributed by atoms with Crippen LogP contribution in [0.4, 0.5) is 0 Å². The Balaban J connectivity index is 1.74. The topological polar surface area (TPSA) is 35.5 Å². The SMILES string of the molecule is CSCC(CCO)NC1CCN(C2CCCCC2C)CC1. The van der Waals surface area contributed by atoms with E-state index in [1.807, 2.05) is 11.8 Å². The van der Waals surface area contributed by atoms with Gasteiger partial charge in [-0.25, -0.2) is 0 Å². The molecule has 124 valence electrons. The second-order valence-corrected chi connectivity index (χ2v) is 7.88. The van der Waals surface area contributed by atoms with Gasteiger partial charge >= 0.3 is 0 Å². The van der Waals surface area contributed by atoms with Crippen molar-refractivity contribution in [2.75, 3.05) is 31.7 Å². The van der Waals surface area contributed by atoms with Crippen LogP contribution < -0.4 is 5.32 Å². The van der Waals surface area contributed by atoms with Crippen LogP contribution in [0.5, 0.6) is 0 Å². The molecule has 0 spiro atoms. The molecule has 2 fully saturated rings. The Morgan fingerprint density at radius 2 is 1.90 bits per heavy atom. The third-order valence-electron chi connectivity index (χ3n) is 5.38. The summed E-state index contributed by atoms with van der Waals surface area (Å²) in [5.41, 5.74) is 0. The van der Waals surface area contributed by atoms with E-state index in [4.69, 9.17) is 0 Å². The molecule has 1 aliphatic carbocycles. The first kappa shape index (κ1) is 17.6. The van der Waals surface area contributed by atoms with Gasteiger partial charge in [-0.15, -0.1) is 0 Å². The molecule has 0 aromatic carbocycles. The second-order valence-electron chi connectivity index (χ2n) is 6.97. The highest BCUT2D eigenvalue weighted by atomic mass is 32.2. The number of likely N-dealkylation sites (tertiary alicyclic amines) is 1. The lowest BCUT2D eigenvalue weighted by Gasteiger charge is -2.43. The molecule has 0 aromatic rings. The number of rotatable bonds is 7. The molecule has 1 saturated heterocycles. The van der Waals surface area contributed by atoms with Crippen LogP contribution >= 0.6 is 11.8 Å². The van der Waals surface area contributed by atoms with Crippen molar-refractivity contribution in [2.24, 2.45) is 5.92 Å². The summed E-state index contributed by atoms with van der Waals surface area (Å²) in [4.78, 5) is 2.76. The van der Waals surface area contributed by atoms with Gasteiger partial charge in [0, 0.05) is 30.5 Å². The summed E-state index contributed by atoms with van der Waals surface area (Å²) < 4.78 is 0. The van der Waals surface area contributed by atoms with E-state index in [0.29, 0.717) is 18.7 Å². The van der Waals surface area contributed by atoms with Gasteiger partial charge in [-0.3, -0.25) is 0 Å². The monoisotopic (exact) mass is 314 g/mol. The minimum Gasteiger partial charge on any atom is -0.396 e. The highest BCUT2D eigenvalue weighted by molar-refractivity contribution is 7.98. The van der Waals surface area contributed by atoms with Crippen LogP contribution in [0.25, 0.3) is 0 Å². The predicted molar refractivity (Wildman–Crippen MR) is 93.0 cm³/mol. The number of piperidine rings is 1. The standard InChI is InChI=1S/C17H34N2OS/c1-14-5-3-4-6-17(14)19-10-7-15(8-11-19)18-16(9-12-20)13-21-2/h14-18,20H,3-13H2,1-2H3. The fourth-order valence-corrected chi connectivity index (χ4v) is 4.81. The van der Waals surface area contributed by atoms with Gasteiger partial charge in [-0.2, -0.15) is 11.8 Å². The van der Waals surface area contributed by atoms with E-state index >= 15 is 0 Å². The van der Waals surface area contributed by atoms with Crippen molar-refractivity contribution >= 4 is 11.8 Å². The minimum atomic E-state index is 0.302. The molecule has 1 aliphatic heterocycles. The number of aliphatic hydroxyl groups is 1. The lowest BCUT2D eigenvalue weighted by atomic mass is 9.84. The molecule has 2 rings (SSSR count). The zero-order valence-electron chi connectivity index (χ0n) is 13.9.